The molecule has 0 unspecified atom stereocenters. The Kier molecular flexibility index (Phi) is 7.72. The van der Waals surface area contributed by atoms with Crippen molar-refractivity contribution in [1.29, 1.82) is 0 Å². The van der Waals surface area contributed by atoms with E-state index < -0.39 is 0 Å². The normalized spacial score (nSPS) is 17.8. The van der Waals surface area contributed by atoms with Crippen molar-refractivity contribution in [3.63, 3.8) is 0 Å². The van der Waals surface area contributed by atoms with E-state index in [9.17, 15) is 9.90 Å². The van der Waals surface area contributed by atoms with Crippen LogP contribution in [0.3, 0.4) is 0 Å². The van der Waals surface area contributed by atoms with Crippen molar-refractivity contribution in [2.75, 3.05) is 33.4 Å². The quantitative estimate of drug-likeness (QED) is 0.343. The predicted octanol–water partition coefficient (Wildman–Crippen LogP) is 4.15. The number of para-hydroxylation sites is 1. The molecular formula is C30H35N5O3. The van der Waals surface area contributed by atoms with E-state index in [0.29, 0.717) is 19.4 Å². The van der Waals surface area contributed by atoms with E-state index in [1.807, 2.05) is 73.5 Å². The van der Waals surface area contributed by atoms with Gasteiger partial charge in [0, 0.05) is 64.3 Å². The van der Waals surface area contributed by atoms with E-state index in [2.05, 4.69) is 16.1 Å². The highest BCUT2D eigenvalue weighted by molar-refractivity contribution is 5.82. The first kappa shape index (κ1) is 25.9. The third-order valence-electron chi connectivity index (χ3n) is 7.50. The maximum absolute atomic E-state index is 13.7. The van der Waals surface area contributed by atoms with E-state index in [1.165, 1.54) is 0 Å². The topological polar surface area (TPSA) is 85.4 Å². The Labute approximate surface area is 223 Å². The van der Waals surface area contributed by atoms with Crippen LogP contribution in [-0.2, 0) is 23.0 Å². The lowest BCUT2D eigenvalue weighted by Crippen LogP contribution is -2.25. The van der Waals surface area contributed by atoms with Gasteiger partial charge >= 0.3 is 0 Å². The summed E-state index contributed by atoms with van der Waals surface area (Å²) in [5.41, 5.74) is 5.68. The molecule has 0 amide bonds. The molecular weight excluding hydrogens is 478 g/mol. The molecule has 5 rings (SSSR count). The number of carbonyl (C=O) groups is 1. The number of benzene rings is 2. The van der Waals surface area contributed by atoms with Crippen LogP contribution in [0.2, 0.25) is 0 Å². The first-order chi connectivity index (χ1) is 18.4. The minimum Gasteiger partial charge on any atom is -0.508 e. The van der Waals surface area contributed by atoms with Crippen molar-refractivity contribution in [2.24, 2.45) is 13.0 Å². The standard InChI is InChI=1S/C30H35N5O3/c1-21-29(35(25-9-5-4-6-10-25)32-30(21)24-17-31-33(2)18-24)16-27(37)15-23-19-34(12-13-38-3)20-28(23)22-8-7-11-26(36)14-22/h4-11,14,17-18,23,28,36H,12-13,15-16,19-20H2,1-3H3/t23-,28+/m1/s1. The van der Waals surface area contributed by atoms with Gasteiger partial charge in [-0.15, -0.1) is 0 Å². The van der Waals surface area contributed by atoms with Gasteiger partial charge in [-0.05, 0) is 48.2 Å². The number of Topliss-reactive ketones (excluding diaryl/α,β-unsaturated/α-hetero) is 1. The number of methoxy groups -OCH3 is 1. The molecule has 3 heterocycles. The van der Waals surface area contributed by atoms with E-state index in [4.69, 9.17) is 9.84 Å². The van der Waals surface area contributed by atoms with Crippen LogP contribution >= 0.6 is 0 Å². The number of phenolic OH excluding ortho intramolecular Hbond substituents is 1. The molecule has 0 saturated carbocycles. The van der Waals surface area contributed by atoms with Crippen LogP contribution in [0.15, 0.2) is 67.0 Å². The Hall–Kier alpha value is -3.75. The lowest BCUT2D eigenvalue weighted by Gasteiger charge is -2.19. The molecule has 0 radical (unpaired) electrons. The number of ketones is 1. The third kappa shape index (κ3) is 5.56. The molecule has 2 aromatic carbocycles. The molecule has 1 aliphatic heterocycles. The molecule has 198 valence electrons. The maximum atomic E-state index is 13.7. The van der Waals surface area contributed by atoms with Crippen LogP contribution < -0.4 is 0 Å². The Balaban J connectivity index is 1.41. The molecule has 0 aliphatic carbocycles. The highest BCUT2D eigenvalue weighted by Crippen LogP contribution is 2.36. The van der Waals surface area contributed by atoms with Crippen molar-refractivity contribution in [1.82, 2.24) is 24.5 Å². The van der Waals surface area contributed by atoms with Gasteiger partial charge in [-0.3, -0.25) is 9.48 Å². The zero-order chi connectivity index (χ0) is 26.6. The number of rotatable bonds is 10. The molecule has 4 aromatic rings. The molecule has 8 heteroatoms. The van der Waals surface area contributed by atoms with Crippen molar-refractivity contribution >= 4 is 5.78 Å². The molecule has 8 nitrogen and oxygen atoms in total. The second-order valence-electron chi connectivity index (χ2n) is 10.2. The van der Waals surface area contributed by atoms with Crippen molar-refractivity contribution < 1.29 is 14.6 Å². The van der Waals surface area contributed by atoms with Crippen LogP contribution in [0.1, 0.15) is 29.2 Å². The Bertz CT molecular complexity index is 1390. The fraction of sp³-hybridized carbons (Fsp3) is 0.367. The molecule has 1 fully saturated rings. The number of nitrogens with zero attached hydrogens (tertiary/aromatic N) is 5. The van der Waals surface area contributed by atoms with E-state index in [0.717, 1.165) is 53.4 Å². The van der Waals surface area contributed by atoms with Gasteiger partial charge in [0.15, 0.2) is 0 Å². The first-order valence-electron chi connectivity index (χ1n) is 13.1. The fourth-order valence-electron chi connectivity index (χ4n) is 5.59. The number of carbonyl (C=O) groups excluding carboxylic acids is 1. The third-order valence-corrected chi connectivity index (χ3v) is 7.50. The summed E-state index contributed by atoms with van der Waals surface area (Å²) in [6.07, 6.45) is 4.52. The van der Waals surface area contributed by atoms with Gasteiger partial charge in [0.05, 0.1) is 29.9 Å². The molecule has 2 aromatic heterocycles. The Morgan fingerprint density at radius 3 is 2.66 bits per heavy atom. The lowest BCUT2D eigenvalue weighted by atomic mass is 9.85. The van der Waals surface area contributed by atoms with Crippen molar-refractivity contribution in [2.45, 2.75) is 25.7 Å². The summed E-state index contributed by atoms with van der Waals surface area (Å²) >= 11 is 0. The second kappa shape index (κ2) is 11.3. The van der Waals surface area contributed by atoms with Crippen LogP contribution in [0.25, 0.3) is 16.9 Å². The number of aromatic hydroxyl groups is 1. The molecule has 38 heavy (non-hydrogen) atoms. The Morgan fingerprint density at radius 2 is 1.95 bits per heavy atom. The zero-order valence-corrected chi connectivity index (χ0v) is 22.2. The molecule has 2 atom stereocenters. The first-order valence-corrected chi connectivity index (χ1v) is 13.1. The van der Waals surface area contributed by atoms with Crippen molar-refractivity contribution in [3.8, 4) is 22.7 Å². The van der Waals surface area contributed by atoms with Crippen LogP contribution in [0.4, 0.5) is 0 Å². The second-order valence-corrected chi connectivity index (χ2v) is 10.2. The van der Waals surface area contributed by atoms with E-state index >= 15 is 0 Å². The number of likely N-dealkylation sites (tertiary alicyclic amines) is 1. The monoisotopic (exact) mass is 513 g/mol. The number of aryl methyl sites for hydroxylation is 1. The van der Waals surface area contributed by atoms with E-state index in [1.54, 1.807) is 17.9 Å². The number of hydrogen-bond donors (Lipinski definition) is 1. The van der Waals surface area contributed by atoms with Gasteiger partial charge in [0.2, 0.25) is 0 Å². The fourth-order valence-corrected chi connectivity index (χ4v) is 5.59. The molecule has 0 bridgehead atoms. The molecule has 1 N–H and O–H groups in total. The van der Waals surface area contributed by atoms with Gasteiger partial charge < -0.3 is 14.7 Å². The smallest absolute Gasteiger partial charge is 0.139 e. The summed E-state index contributed by atoms with van der Waals surface area (Å²) < 4.78 is 8.97. The number of phenols is 1. The molecule has 1 aliphatic rings. The maximum Gasteiger partial charge on any atom is 0.139 e. The highest BCUT2D eigenvalue weighted by atomic mass is 16.5. The summed E-state index contributed by atoms with van der Waals surface area (Å²) in [5, 5.41) is 19.3. The molecule has 1 saturated heterocycles. The SMILES string of the molecule is COCCN1C[C@@H](CC(=O)Cc2c(C)c(-c3cnn(C)c3)nn2-c2ccccc2)[C@H](c2cccc(O)c2)C1. The Morgan fingerprint density at radius 1 is 1.13 bits per heavy atom. The predicted molar refractivity (Wildman–Crippen MR) is 146 cm³/mol. The van der Waals surface area contributed by atoms with Gasteiger partial charge in [0.25, 0.3) is 0 Å². The average Bonchev–Trinajstić information content (AvgIpc) is 3.61. The minimum absolute atomic E-state index is 0.160. The van der Waals surface area contributed by atoms with E-state index in [-0.39, 0.29) is 23.4 Å². The largest absolute Gasteiger partial charge is 0.508 e. The van der Waals surface area contributed by atoms with Crippen molar-refractivity contribution in [3.05, 3.63) is 83.8 Å². The summed E-state index contributed by atoms with van der Waals surface area (Å²) in [6, 6.07) is 17.4. The van der Waals surface area contributed by atoms with Crippen LogP contribution in [-0.4, -0.2) is 68.7 Å². The summed E-state index contributed by atoms with van der Waals surface area (Å²) in [5.74, 6) is 0.779. The van der Waals surface area contributed by atoms with Crippen LogP contribution in [0.5, 0.6) is 5.75 Å². The van der Waals surface area contributed by atoms with Gasteiger partial charge in [-0.1, -0.05) is 30.3 Å². The summed E-state index contributed by atoms with van der Waals surface area (Å²) in [6.45, 7) is 5.18. The van der Waals surface area contributed by atoms with Crippen LogP contribution in [0, 0.1) is 12.8 Å². The molecule has 0 spiro atoms. The summed E-state index contributed by atoms with van der Waals surface area (Å²) in [4.78, 5) is 16.0. The number of ether oxygens (including phenoxy) is 1. The summed E-state index contributed by atoms with van der Waals surface area (Å²) in [7, 11) is 3.60. The van der Waals surface area contributed by atoms with Gasteiger partial charge in [-0.2, -0.15) is 10.2 Å². The van der Waals surface area contributed by atoms with Gasteiger partial charge in [-0.25, -0.2) is 4.68 Å². The van der Waals surface area contributed by atoms with Gasteiger partial charge in [0.1, 0.15) is 11.5 Å². The highest BCUT2D eigenvalue weighted by Gasteiger charge is 2.35. The average molecular weight is 514 g/mol. The number of aromatic nitrogens is 4. The lowest BCUT2D eigenvalue weighted by molar-refractivity contribution is -0.119. The minimum atomic E-state index is 0.160. The number of hydrogen-bond acceptors (Lipinski definition) is 6. The zero-order valence-electron chi connectivity index (χ0n) is 22.2.